The number of nitrogens with one attached hydrogen (secondary N) is 3. The lowest BCUT2D eigenvalue weighted by atomic mass is 10.0. The van der Waals surface area contributed by atoms with Gasteiger partial charge in [-0.3, -0.25) is 15.6 Å². The van der Waals surface area contributed by atoms with Gasteiger partial charge in [0.05, 0.1) is 6.61 Å². The van der Waals surface area contributed by atoms with Crippen molar-refractivity contribution < 1.29 is 28.3 Å². The van der Waals surface area contributed by atoms with Crippen LogP contribution in [0.5, 0.6) is 0 Å². The standard InChI is InChI=1S/C12H16FN3O5/c1-2-20-10(18)12(13)8(17)14-11(19)15-9(12)21-16-7-5-3-4-6-7/h5,9,16H,2-4,6H2,1H3,(H2,14,15,17,19). The third-order valence-electron chi connectivity index (χ3n) is 3.10. The second-order valence-corrected chi connectivity index (χ2v) is 4.58. The molecule has 0 saturated carbocycles. The monoisotopic (exact) mass is 301 g/mol. The van der Waals surface area contributed by atoms with E-state index >= 15 is 0 Å². The Bertz CT molecular complexity index is 495. The molecule has 2 atom stereocenters. The first-order valence-electron chi connectivity index (χ1n) is 6.57. The van der Waals surface area contributed by atoms with Crippen LogP contribution in [0.25, 0.3) is 0 Å². The quantitative estimate of drug-likeness (QED) is 0.375. The fourth-order valence-electron chi connectivity index (χ4n) is 2.01. The van der Waals surface area contributed by atoms with Gasteiger partial charge in [0.25, 0.3) is 5.91 Å². The summed E-state index contributed by atoms with van der Waals surface area (Å²) in [6.07, 6.45) is 2.49. The van der Waals surface area contributed by atoms with Gasteiger partial charge in [0.2, 0.25) is 6.23 Å². The molecule has 9 heteroatoms. The Labute approximate surface area is 120 Å². The zero-order valence-corrected chi connectivity index (χ0v) is 11.4. The van der Waals surface area contributed by atoms with Crippen molar-refractivity contribution in [1.29, 1.82) is 0 Å². The third kappa shape index (κ3) is 2.97. The summed E-state index contributed by atoms with van der Waals surface area (Å²) in [5.74, 6) is -2.84. The van der Waals surface area contributed by atoms with E-state index in [0.29, 0.717) is 12.1 Å². The van der Waals surface area contributed by atoms with E-state index in [0.717, 1.165) is 12.8 Å². The predicted molar refractivity (Wildman–Crippen MR) is 67.1 cm³/mol. The van der Waals surface area contributed by atoms with Crippen molar-refractivity contribution in [2.75, 3.05) is 6.61 Å². The first-order chi connectivity index (χ1) is 9.98. The molecule has 8 nitrogen and oxygen atoms in total. The number of hydrogen-bond acceptors (Lipinski definition) is 6. The molecule has 2 unspecified atom stereocenters. The van der Waals surface area contributed by atoms with Crippen LogP contribution in [-0.2, 0) is 19.2 Å². The number of imide groups is 1. The van der Waals surface area contributed by atoms with Gasteiger partial charge in [-0.1, -0.05) is 6.08 Å². The van der Waals surface area contributed by atoms with Gasteiger partial charge in [-0.2, -0.15) is 0 Å². The maximum Gasteiger partial charge on any atom is 0.358 e. The zero-order valence-electron chi connectivity index (χ0n) is 11.4. The number of urea groups is 1. The molecule has 0 aromatic heterocycles. The Kier molecular flexibility index (Phi) is 4.41. The van der Waals surface area contributed by atoms with Gasteiger partial charge in [0, 0.05) is 5.70 Å². The maximum atomic E-state index is 14.8. The predicted octanol–water partition coefficient (Wildman–Crippen LogP) is 0.0123. The minimum atomic E-state index is -3.16. The molecule has 1 aliphatic carbocycles. The molecule has 0 spiro atoms. The Balaban J connectivity index is 2.13. The molecule has 0 aromatic rings. The first-order valence-corrected chi connectivity index (χ1v) is 6.57. The number of alkyl halides is 1. The smallest absolute Gasteiger partial charge is 0.358 e. The molecule has 1 aliphatic heterocycles. The number of amides is 3. The highest BCUT2D eigenvalue weighted by Crippen LogP contribution is 2.24. The van der Waals surface area contributed by atoms with Crippen molar-refractivity contribution in [3.8, 4) is 0 Å². The van der Waals surface area contributed by atoms with Crippen LogP contribution in [0.3, 0.4) is 0 Å². The van der Waals surface area contributed by atoms with Crippen LogP contribution in [0, 0.1) is 0 Å². The molecular formula is C12H16FN3O5. The van der Waals surface area contributed by atoms with E-state index in [-0.39, 0.29) is 6.61 Å². The average Bonchev–Trinajstić information content (AvgIpc) is 2.94. The second-order valence-electron chi connectivity index (χ2n) is 4.58. The van der Waals surface area contributed by atoms with Crippen LogP contribution in [-0.4, -0.2) is 36.4 Å². The molecule has 2 aliphatic rings. The maximum absolute atomic E-state index is 14.8. The number of halogens is 1. The van der Waals surface area contributed by atoms with E-state index in [2.05, 4.69) is 10.2 Å². The van der Waals surface area contributed by atoms with E-state index in [1.165, 1.54) is 6.92 Å². The topological polar surface area (TPSA) is 106 Å². The molecule has 1 saturated heterocycles. The average molecular weight is 301 g/mol. The fourth-order valence-corrected chi connectivity index (χ4v) is 2.01. The van der Waals surface area contributed by atoms with Gasteiger partial charge in [0.1, 0.15) is 0 Å². The van der Waals surface area contributed by atoms with Crippen molar-refractivity contribution in [3.05, 3.63) is 11.8 Å². The number of carbonyl (C=O) groups excluding carboxylic acids is 3. The fraction of sp³-hybridized carbons (Fsp3) is 0.583. The number of esters is 1. The largest absolute Gasteiger partial charge is 0.463 e. The number of ether oxygens (including phenoxy) is 1. The molecule has 0 bridgehead atoms. The van der Waals surface area contributed by atoms with Gasteiger partial charge in [-0.05, 0) is 26.2 Å². The number of hydroxylamine groups is 1. The summed E-state index contributed by atoms with van der Waals surface area (Å²) in [4.78, 5) is 39.7. The highest BCUT2D eigenvalue weighted by Gasteiger charge is 2.60. The summed E-state index contributed by atoms with van der Waals surface area (Å²) in [6, 6.07) is -0.954. The summed E-state index contributed by atoms with van der Waals surface area (Å²) < 4.78 is 19.3. The lowest BCUT2D eigenvalue weighted by molar-refractivity contribution is -0.184. The molecule has 2 rings (SSSR count). The van der Waals surface area contributed by atoms with Crippen molar-refractivity contribution in [2.45, 2.75) is 38.1 Å². The SMILES string of the molecule is CCOC(=O)C1(F)C(=O)NC(=O)NC1ONC1=CCCC1. The summed E-state index contributed by atoms with van der Waals surface area (Å²) in [5, 5.41) is 3.72. The lowest BCUT2D eigenvalue weighted by Crippen LogP contribution is -2.71. The molecule has 3 amide bonds. The third-order valence-corrected chi connectivity index (χ3v) is 3.10. The van der Waals surface area contributed by atoms with E-state index in [9.17, 15) is 18.8 Å². The molecule has 0 aromatic carbocycles. The van der Waals surface area contributed by atoms with Gasteiger partial charge in [0.15, 0.2) is 0 Å². The van der Waals surface area contributed by atoms with Gasteiger partial charge in [-0.15, -0.1) is 0 Å². The van der Waals surface area contributed by atoms with Crippen molar-refractivity contribution >= 4 is 17.9 Å². The van der Waals surface area contributed by atoms with Gasteiger partial charge in [-0.25, -0.2) is 18.8 Å². The van der Waals surface area contributed by atoms with Crippen molar-refractivity contribution in [2.24, 2.45) is 0 Å². The number of hydrogen-bond donors (Lipinski definition) is 3. The summed E-state index contributed by atoms with van der Waals surface area (Å²) in [7, 11) is 0. The van der Waals surface area contributed by atoms with Crippen molar-refractivity contribution in [1.82, 2.24) is 16.1 Å². The van der Waals surface area contributed by atoms with E-state index in [1.54, 1.807) is 5.32 Å². The van der Waals surface area contributed by atoms with Gasteiger partial charge < -0.3 is 10.1 Å². The van der Waals surface area contributed by atoms with Crippen LogP contribution >= 0.6 is 0 Å². The van der Waals surface area contributed by atoms with Crippen LogP contribution in [0.15, 0.2) is 11.8 Å². The molecule has 0 radical (unpaired) electrons. The summed E-state index contributed by atoms with van der Waals surface area (Å²) >= 11 is 0. The highest BCUT2D eigenvalue weighted by molar-refractivity contribution is 6.14. The molecule has 1 fully saturated rings. The molecule has 3 N–H and O–H groups in total. The Morgan fingerprint density at radius 2 is 2.33 bits per heavy atom. The van der Waals surface area contributed by atoms with E-state index < -0.39 is 29.8 Å². The van der Waals surface area contributed by atoms with Crippen LogP contribution in [0.1, 0.15) is 26.2 Å². The Morgan fingerprint density at radius 1 is 1.57 bits per heavy atom. The molecule has 21 heavy (non-hydrogen) atoms. The van der Waals surface area contributed by atoms with Crippen molar-refractivity contribution in [3.63, 3.8) is 0 Å². The number of allylic oxidation sites excluding steroid dienone is 2. The molecule has 116 valence electrons. The Morgan fingerprint density at radius 3 is 2.95 bits per heavy atom. The normalized spacial score (nSPS) is 28.5. The summed E-state index contributed by atoms with van der Waals surface area (Å²) in [6.45, 7) is 1.36. The summed E-state index contributed by atoms with van der Waals surface area (Å²) in [5.41, 5.74) is 0.00231. The molecule has 1 heterocycles. The number of rotatable bonds is 5. The Hall–Kier alpha value is -2.16. The van der Waals surface area contributed by atoms with Gasteiger partial charge >= 0.3 is 17.7 Å². The first kappa shape index (κ1) is 15.2. The minimum Gasteiger partial charge on any atom is -0.463 e. The lowest BCUT2D eigenvalue weighted by Gasteiger charge is -2.33. The van der Waals surface area contributed by atoms with E-state index in [4.69, 9.17) is 4.84 Å². The number of carbonyl (C=O) groups is 3. The highest BCUT2D eigenvalue weighted by atomic mass is 19.1. The molecular weight excluding hydrogens is 285 g/mol. The van der Waals surface area contributed by atoms with Crippen LogP contribution < -0.4 is 16.1 Å². The zero-order chi connectivity index (χ0) is 15.5. The second kappa shape index (κ2) is 6.08. The van der Waals surface area contributed by atoms with Crippen LogP contribution in [0.2, 0.25) is 0 Å². The van der Waals surface area contributed by atoms with Crippen LogP contribution in [0.4, 0.5) is 9.18 Å². The van der Waals surface area contributed by atoms with E-state index in [1.807, 2.05) is 11.4 Å². The minimum absolute atomic E-state index is 0.114.